The number of hydrogen-bond acceptors (Lipinski definition) is 4. The molecule has 1 saturated heterocycles. The highest BCUT2D eigenvalue weighted by atomic mass is 16.5. The normalized spacial score (nSPS) is 19.9. The highest BCUT2D eigenvalue weighted by Gasteiger charge is 2.41. The van der Waals surface area contributed by atoms with Crippen LogP contribution in [0.25, 0.3) is 0 Å². The topological polar surface area (TPSA) is 90.4 Å². The Labute approximate surface area is 146 Å². The lowest BCUT2D eigenvalue weighted by molar-refractivity contribution is -0.121. The van der Waals surface area contributed by atoms with Crippen LogP contribution in [0.2, 0.25) is 0 Å². The molecule has 132 valence electrons. The Morgan fingerprint density at radius 1 is 1.28 bits per heavy atom. The van der Waals surface area contributed by atoms with Crippen LogP contribution >= 0.6 is 0 Å². The van der Waals surface area contributed by atoms with Gasteiger partial charge in [0.15, 0.2) is 0 Å². The lowest BCUT2D eigenvalue weighted by Gasteiger charge is -2.18. The van der Waals surface area contributed by atoms with Crippen molar-refractivity contribution < 1.29 is 14.3 Å². The van der Waals surface area contributed by atoms with Crippen molar-refractivity contribution >= 4 is 11.8 Å². The number of likely N-dealkylation sites (tertiary alicyclic amines) is 1. The molecule has 3 rings (SSSR count). The Bertz CT molecular complexity index is 814. The number of amides is 2. The van der Waals surface area contributed by atoms with Crippen molar-refractivity contribution in [1.82, 2.24) is 14.7 Å². The molecule has 0 aliphatic carbocycles. The van der Waals surface area contributed by atoms with E-state index in [-0.39, 0.29) is 11.8 Å². The molecule has 1 aliphatic heterocycles. The summed E-state index contributed by atoms with van der Waals surface area (Å²) in [6.45, 7) is 2.67. The molecule has 0 saturated carbocycles. The summed E-state index contributed by atoms with van der Waals surface area (Å²) < 4.78 is 7.04. The van der Waals surface area contributed by atoms with E-state index in [2.05, 4.69) is 5.10 Å². The monoisotopic (exact) mass is 342 g/mol. The molecule has 1 aromatic heterocycles. The fourth-order valence-corrected chi connectivity index (χ4v) is 3.44. The van der Waals surface area contributed by atoms with E-state index in [0.717, 1.165) is 11.3 Å². The van der Waals surface area contributed by atoms with Gasteiger partial charge in [-0.15, -0.1) is 0 Å². The zero-order chi connectivity index (χ0) is 18.1. The molecule has 2 aromatic rings. The molecule has 7 nitrogen and oxygen atoms in total. The summed E-state index contributed by atoms with van der Waals surface area (Å²) in [6, 6.07) is 7.08. The largest absolute Gasteiger partial charge is 0.496 e. The first-order chi connectivity index (χ1) is 11.9. The molecule has 0 bridgehead atoms. The first-order valence-corrected chi connectivity index (χ1v) is 8.14. The van der Waals surface area contributed by atoms with E-state index in [4.69, 9.17) is 10.5 Å². The second-order valence-electron chi connectivity index (χ2n) is 6.33. The fraction of sp³-hybridized carbons (Fsp3) is 0.389. The maximum atomic E-state index is 12.9. The lowest BCUT2D eigenvalue weighted by Crippen LogP contribution is -2.32. The van der Waals surface area contributed by atoms with Crippen LogP contribution in [0.4, 0.5) is 0 Å². The van der Waals surface area contributed by atoms with Gasteiger partial charge in [0.1, 0.15) is 5.75 Å². The Balaban J connectivity index is 1.91. The zero-order valence-corrected chi connectivity index (χ0v) is 14.6. The van der Waals surface area contributed by atoms with Crippen LogP contribution in [0.3, 0.4) is 0 Å². The van der Waals surface area contributed by atoms with Gasteiger partial charge in [-0.2, -0.15) is 5.10 Å². The molecule has 0 radical (unpaired) electrons. The van der Waals surface area contributed by atoms with E-state index in [0.29, 0.717) is 24.4 Å². The number of primary amides is 1. The molecule has 2 atom stereocenters. The van der Waals surface area contributed by atoms with Gasteiger partial charge in [-0.1, -0.05) is 12.1 Å². The quantitative estimate of drug-likeness (QED) is 0.900. The van der Waals surface area contributed by atoms with Gasteiger partial charge in [0.2, 0.25) is 5.91 Å². The Hall–Kier alpha value is -2.83. The number of carbonyl (C=O) groups excluding carboxylic acids is 2. The van der Waals surface area contributed by atoms with Gasteiger partial charge in [-0.25, -0.2) is 0 Å². The summed E-state index contributed by atoms with van der Waals surface area (Å²) in [5.74, 6) is -0.619. The minimum absolute atomic E-state index is 0.148. The van der Waals surface area contributed by atoms with E-state index in [1.54, 1.807) is 34.0 Å². The van der Waals surface area contributed by atoms with Gasteiger partial charge in [0, 0.05) is 31.7 Å². The number of para-hydroxylation sites is 1. The molecule has 7 heteroatoms. The summed E-state index contributed by atoms with van der Waals surface area (Å²) >= 11 is 0. The van der Waals surface area contributed by atoms with Crippen LogP contribution in [0.15, 0.2) is 30.5 Å². The summed E-state index contributed by atoms with van der Waals surface area (Å²) in [5.41, 5.74) is 8.03. The van der Waals surface area contributed by atoms with Crippen LogP contribution in [-0.4, -0.2) is 46.7 Å². The SMILES string of the molecule is COc1ccccc1C(=O)N1C[C@H](C(N)=O)[C@@H](c2cnn(C)c2C)C1. The Morgan fingerprint density at radius 3 is 2.60 bits per heavy atom. The van der Waals surface area contributed by atoms with Crippen LogP contribution < -0.4 is 10.5 Å². The van der Waals surface area contributed by atoms with E-state index in [1.807, 2.05) is 20.0 Å². The number of hydrogen-bond donors (Lipinski definition) is 1. The molecule has 2 heterocycles. The number of nitrogens with two attached hydrogens (primary N) is 1. The summed E-state index contributed by atoms with van der Waals surface area (Å²) in [7, 11) is 3.38. The van der Waals surface area contributed by atoms with Crippen molar-refractivity contribution in [1.29, 1.82) is 0 Å². The number of aromatic nitrogens is 2. The first kappa shape index (κ1) is 17.0. The van der Waals surface area contributed by atoms with Crippen LogP contribution in [0, 0.1) is 12.8 Å². The Morgan fingerprint density at radius 2 is 2.00 bits per heavy atom. The predicted molar refractivity (Wildman–Crippen MR) is 92.3 cm³/mol. The molecular weight excluding hydrogens is 320 g/mol. The predicted octanol–water partition coefficient (Wildman–Crippen LogP) is 1.08. The van der Waals surface area contributed by atoms with Crippen molar-refractivity contribution in [3.8, 4) is 5.75 Å². The van der Waals surface area contributed by atoms with Crippen LogP contribution in [0.1, 0.15) is 27.5 Å². The van der Waals surface area contributed by atoms with Crippen LogP contribution in [0.5, 0.6) is 5.75 Å². The third-order valence-corrected chi connectivity index (χ3v) is 4.98. The maximum Gasteiger partial charge on any atom is 0.257 e. The number of methoxy groups -OCH3 is 1. The average molecular weight is 342 g/mol. The van der Waals surface area contributed by atoms with Gasteiger partial charge in [-0.3, -0.25) is 14.3 Å². The van der Waals surface area contributed by atoms with Crippen molar-refractivity contribution in [2.45, 2.75) is 12.8 Å². The van der Waals surface area contributed by atoms with Gasteiger partial charge >= 0.3 is 0 Å². The number of ether oxygens (including phenoxy) is 1. The second-order valence-corrected chi connectivity index (χ2v) is 6.33. The van der Waals surface area contributed by atoms with E-state index in [9.17, 15) is 9.59 Å². The average Bonchev–Trinajstić information content (AvgIpc) is 3.19. The maximum absolute atomic E-state index is 12.9. The number of aryl methyl sites for hydroxylation is 1. The molecule has 2 amide bonds. The number of benzene rings is 1. The van der Waals surface area contributed by atoms with E-state index in [1.165, 1.54) is 7.11 Å². The molecule has 0 unspecified atom stereocenters. The van der Waals surface area contributed by atoms with Crippen molar-refractivity contribution in [2.75, 3.05) is 20.2 Å². The van der Waals surface area contributed by atoms with E-state index >= 15 is 0 Å². The van der Waals surface area contributed by atoms with Gasteiger partial charge in [0.25, 0.3) is 5.91 Å². The van der Waals surface area contributed by atoms with E-state index < -0.39 is 11.8 Å². The number of carbonyl (C=O) groups is 2. The fourth-order valence-electron chi connectivity index (χ4n) is 3.44. The molecule has 1 fully saturated rings. The van der Waals surface area contributed by atoms with Crippen molar-refractivity contribution in [3.05, 3.63) is 47.3 Å². The highest BCUT2D eigenvalue weighted by Crippen LogP contribution is 2.35. The smallest absolute Gasteiger partial charge is 0.257 e. The minimum Gasteiger partial charge on any atom is -0.496 e. The minimum atomic E-state index is -0.429. The van der Waals surface area contributed by atoms with Crippen LogP contribution in [-0.2, 0) is 11.8 Å². The standard InChI is InChI=1S/C18H22N4O3/c1-11-13(8-20-21(11)2)14-9-22(10-15(14)17(19)23)18(24)12-6-4-5-7-16(12)25-3/h4-8,14-15H,9-10H2,1-3H3,(H2,19,23)/t14-,15+/m1/s1. The molecular formula is C18H22N4O3. The summed E-state index contributed by atoms with van der Waals surface area (Å²) in [4.78, 5) is 26.6. The van der Waals surface area contributed by atoms with Gasteiger partial charge in [0.05, 0.1) is 24.8 Å². The highest BCUT2D eigenvalue weighted by molar-refractivity contribution is 5.97. The first-order valence-electron chi connectivity index (χ1n) is 8.14. The lowest BCUT2D eigenvalue weighted by atomic mass is 9.89. The van der Waals surface area contributed by atoms with Gasteiger partial charge in [-0.05, 0) is 24.6 Å². The molecule has 1 aliphatic rings. The molecule has 2 N–H and O–H groups in total. The molecule has 1 aromatic carbocycles. The molecule has 25 heavy (non-hydrogen) atoms. The van der Waals surface area contributed by atoms with Gasteiger partial charge < -0.3 is 15.4 Å². The Kier molecular flexibility index (Phi) is 4.48. The zero-order valence-electron chi connectivity index (χ0n) is 14.6. The van der Waals surface area contributed by atoms with Crippen molar-refractivity contribution in [2.24, 2.45) is 18.7 Å². The number of nitrogens with zero attached hydrogens (tertiary/aromatic N) is 3. The third kappa shape index (κ3) is 2.97. The molecule has 0 spiro atoms. The summed E-state index contributed by atoms with van der Waals surface area (Å²) in [5, 5.41) is 4.25. The summed E-state index contributed by atoms with van der Waals surface area (Å²) in [6.07, 6.45) is 1.76. The third-order valence-electron chi connectivity index (χ3n) is 4.98. The van der Waals surface area contributed by atoms with Crippen molar-refractivity contribution in [3.63, 3.8) is 0 Å². The second kappa shape index (κ2) is 6.58. The number of rotatable bonds is 4.